The average molecular weight is 579 g/mol. The Hall–Kier alpha value is -3.63. The summed E-state index contributed by atoms with van der Waals surface area (Å²) in [5.74, 6) is 0.821. The van der Waals surface area contributed by atoms with Crippen LogP contribution in [0.15, 0.2) is 46.9 Å². The summed E-state index contributed by atoms with van der Waals surface area (Å²) in [6.07, 6.45) is -0.325. The summed E-state index contributed by atoms with van der Waals surface area (Å²) in [5.41, 5.74) is 6.41. The van der Waals surface area contributed by atoms with Gasteiger partial charge in [0.2, 0.25) is 5.91 Å². The van der Waals surface area contributed by atoms with Gasteiger partial charge in [0.05, 0.1) is 12.9 Å². The highest BCUT2D eigenvalue weighted by molar-refractivity contribution is 7.99. The van der Waals surface area contributed by atoms with E-state index < -0.39 is 5.97 Å². The van der Waals surface area contributed by atoms with Crippen molar-refractivity contribution in [2.75, 3.05) is 18.2 Å². The number of aromatic nitrogens is 3. The monoisotopic (exact) mass is 578 g/mol. The van der Waals surface area contributed by atoms with Gasteiger partial charge < -0.3 is 19.4 Å². The van der Waals surface area contributed by atoms with Gasteiger partial charge in [0, 0.05) is 17.5 Å². The number of carbonyl (C=O) groups excluding carboxylic acids is 2. The van der Waals surface area contributed by atoms with Crippen LogP contribution in [0, 0.1) is 27.7 Å². The fraction of sp³-hybridized carbons (Fsp3) is 0.333. The van der Waals surface area contributed by atoms with Crippen LogP contribution in [0.2, 0.25) is 0 Å². The van der Waals surface area contributed by atoms with Crippen molar-refractivity contribution in [3.8, 4) is 16.9 Å². The molecule has 0 saturated heterocycles. The molecular formula is C30H34N4O4S2. The normalized spacial score (nSPS) is 11.8. The molecule has 0 bridgehead atoms. The number of esters is 1. The van der Waals surface area contributed by atoms with E-state index in [1.807, 2.05) is 81.8 Å². The first-order valence-corrected chi connectivity index (χ1v) is 14.9. The first-order chi connectivity index (χ1) is 19.1. The van der Waals surface area contributed by atoms with Gasteiger partial charge in [-0.25, -0.2) is 4.79 Å². The summed E-state index contributed by atoms with van der Waals surface area (Å²) in [4.78, 5) is 25.8. The number of methoxy groups -OCH3 is 1. The number of carbonyl (C=O) groups is 2. The molecule has 1 atom stereocenters. The van der Waals surface area contributed by atoms with Crippen LogP contribution in [-0.4, -0.2) is 39.5 Å². The van der Waals surface area contributed by atoms with Crippen LogP contribution in [-0.2, 0) is 16.1 Å². The van der Waals surface area contributed by atoms with Crippen molar-refractivity contribution >= 4 is 40.0 Å². The lowest BCUT2D eigenvalue weighted by atomic mass is 9.97. The molecule has 2 aromatic carbocycles. The molecule has 8 nitrogen and oxygen atoms in total. The van der Waals surface area contributed by atoms with E-state index in [0.29, 0.717) is 28.1 Å². The SMILES string of the molecule is CCn1c(SCC(=O)Nc2scc(-c3cc(C)ccc3C)c2C(=O)OC)nnc1C(C)Oc1cc(C)cc(C)c1. The molecule has 0 saturated carbocycles. The van der Waals surface area contributed by atoms with E-state index in [-0.39, 0.29) is 17.8 Å². The minimum absolute atomic E-state index is 0.0990. The topological polar surface area (TPSA) is 95.3 Å². The van der Waals surface area contributed by atoms with Gasteiger partial charge >= 0.3 is 5.97 Å². The van der Waals surface area contributed by atoms with Gasteiger partial charge in [-0.3, -0.25) is 4.79 Å². The van der Waals surface area contributed by atoms with E-state index >= 15 is 0 Å². The quantitative estimate of drug-likeness (QED) is 0.161. The zero-order chi connectivity index (χ0) is 29.0. The molecule has 0 aliphatic rings. The fourth-order valence-corrected chi connectivity index (χ4v) is 6.31. The Morgan fingerprint density at radius 2 is 1.75 bits per heavy atom. The van der Waals surface area contributed by atoms with Gasteiger partial charge in [0.1, 0.15) is 16.3 Å². The van der Waals surface area contributed by atoms with Crippen molar-refractivity contribution in [1.29, 1.82) is 0 Å². The second kappa shape index (κ2) is 12.7. The molecule has 0 radical (unpaired) electrons. The number of nitrogens with one attached hydrogen (secondary N) is 1. The van der Waals surface area contributed by atoms with E-state index in [9.17, 15) is 9.59 Å². The summed E-state index contributed by atoms with van der Waals surface area (Å²) < 4.78 is 13.2. The highest BCUT2D eigenvalue weighted by Crippen LogP contribution is 2.38. The minimum Gasteiger partial charge on any atom is -0.483 e. The molecule has 1 unspecified atom stereocenters. The van der Waals surface area contributed by atoms with Crippen LogP contribution in [0.1, 0.15) is 58.4 Å². The van der Waals surface area contributed by atoms with Gasteiger partial charge in [0.15, 0.2) is 17.1 Å². The molecule has 2 heterocycles. The number of anilines is 1. The Morgan fingerprint density at radius 3 is 2.42 bits per heavy atom. The third kappa shape index (κ3) is 6.56. The molecule has 10 heteroatoms. The van der Waals surface area contributed by atoms with Gasteiger partial charge in [-0.05, 0) is 75.9 Å². The number of ether oxygens (including phenoxy) is 2. The maximum absolute atomic E-state index is 13.0. The Bertz CT molecular complexity index is 1520. The maximum atomic E-state index is 13.0. The molecule has 4 rings (SSSR count). The number of nitrogens with zero attached hydrogens (tertiary/aromatic N) is 3. The molecular weight excluding hydrogens is 544 g/mol. The number of thioether (sulfide) groups is 1. The van der Waals surface area contributed by atoms with E-state index in [4.69, 9.17) is 9.47 Å². The Morgan fingerprint density at radius 1 is 1.02 bits per heavy atom. The lowest BCUT2D eigenvalue weighted by Gasteiger charge is -2.16. The molecule has 0 fully saturated rings. The molecule has 4 aromatic rings. The summed E-state index contributed by atoms with van der Waals surface area (Å²) >= 11 is 2.59. The maximum Gasteiger partial charge on any atom is 0.341 e. The lowest BCUT2D eigenvalue weighted by molar-refractivity contribution is -0.113. The predicted octanol–water partition coefficient (Wildman–Crippen LogP) is 6.92. The van der Waals surface area contributed by atoms with Gasteiger partial charge in [-0.15, -0.1) is 21.5 Å². The van der Waals surface area contributed by atoms with E-state index in [0.717, 1.165) is 39.1 Å². The molecule has 0 aliphatic heterocycles. The number of hydrogen-bond acceptors (Lipinski definition) is 8. The van der Waals surface area contributed by atoms with Gasteiger partial charge in [-0.2, -0.15) is 0 Å². The molecule has 0 spiro atoms. The van der Waals surface area contributed by atoms with Crippen LogP contribution in [0.25, 0.3) is 11.1 Å². The highest BCUT2D eigenvalue weighted by Gasteiger charge is 2.24. The second-order valence-electron chi connectivity index (χ2n) is 9.67. The van der Waals surface area contributed by atoms with Crippen molar-refractivity contribution in [1.82, 2.24) is 14.8 Å². The summed E-state index contributed by atoms with van der Waals surface area (Å²) in [5, 5.41) is 14.6. The van der Waals surface area contributed by atoms with E-state index in [1.165, 1.54) is 30.2 Å². The van der Waals surface area contributed by atoms with E-state index in [1.54, 1.807) is 0 Å². The van der Waals surface area contributed by atoms with Crippen LogP contribution in [0.4, 0.5) is 5.00 Å². The molecule has 1 amide bonds. The Kier molecular flexibility index (Phi) is 9.32. The summed E-state index contributed by atoms with van der Waals surface area (Å²) in [6.45, 7) is 12.6. The van der Waals surface area contributed by atoms with Crippen LogP contribution >= 0.6 is 23.1 Å². The first-order valence-electron chi connectivity index (χ1n) is 13.0. The zero-order valence-electron chi connectivity index (χ0n) is 23.8. The molecule has 40 heavy (non-hydrogen) atoms. The fourth-order valence-electron chi connectivity index (χ4n) is 4.53. The average Bonchev–Trinajstić information content (AvgIpc) is 3.51. The minimum atomic E-state index is -0.492. The van der Waals surface area contributed by atoms with Crippen LogP contribution < -0.4 is 10.1 Å². The lowest BCUT2D eigenvalue weighted by Crippen LogP contribution is -2.17. The highest BCUT2D eigenvalue weighted by atomic mass is 32.2. The van der Waals surface area contributed by atoms with Crippen LogP contribution in [0.5, 0.6) is 5.75 Å². The smallest absolute Gasteiger partial charge is 0.341 e. The third-order valence-electron chi connectivity index (χ3n) is 6.38. The zero-order valence-corrected chi connectivity index (χ0v) is 25.5. The largest absolute Gasteiger partial charge is 0.483 e. The number of amides is 1. The van der Waals surface area contributed by atoms with E-state index in [2.05, 4.69) is 21.6 Å². The Balaban J connectivity index is 1.48. The predicted molar refractivity (Wildman–Crippen MR) is 161 cm³/mol. The van der Waals surface area contributed by atoms with Gasteiger partial charge in [-0.1, -0.05) is 41.6 Å². The molecule has 2 aromatic heterocycles. The molecule has 1 N–H and O–H groups in total. The summed E-state index contributed by atoms with van der Waals surface area (Å²) in [7, 11) is 1.34. The van der Waals surface area contributed by atoms with Crippen molar-refractivity contribution in [2.24, 2.45) is 0 Å². The molecule has 0 aliphatic carbocycles. The van der Waals surface area contributed by atoms with Crippen molar-refractivity contribution < 1.29 is 19.1 Å². The van der Waals surface area contributed by atoms with Crippen molar-refractivity contribution in [3.63, 3.8) is 0 Å². The summed E-state index contributed by atoms with van der Waals surface area (Å²) in [6, 6.07) is 12.2. The number of rotatable bonds is 10. The third-order valence-corrected chi connectivity index (χ3v) is 8.24. The number of thiophene rings is 1. The first kappa shape index (κ1) is 29.4. The number of aryl methyl sites for hydroxylation is 4. The molecule has 210 valence electrons. The van der Waals surface area contributed by atoms with Crippen LogP contribution in [0.3, 0.4) is 0 Å². The van der Waals surface area contributed by atoms with Crippen molar-refractivity contribution in [3.05, 3.63) is 75.4 Å². The van der Waals surface area contributed by atoms with Crippen molar-refractivity contribution in [2.45, 2.75) is 59.3 Å². The number of hydrogen-bond donors (Lipinski definition) is 1. The second-order valence-corrected chi connectivity index (χ2v) is 11.5. The standard InChI is InChI=1S/C30H34N4O4S2/c1-8-34-27(21(6)38-22-12-18(3)11-19(4)13-22)32-33-30(34)40-16-25(35)31-28-26(29(36)37-7)24(15-39-28)23-14-17(2)9-10-20(23)5/h9-15,21H,8,16H2,1-7H3,(H,31,35). The Labute approximate surface area is 243 Å². The van der Waals surface area contributed by atoms with Gasteiger partial charge in [0.25, 0.3) is 0 Å². The number of benzene rings is 2.